The summed E-state index contributed by atoms with van der Waals surface area (Å²) in [4.78, 5) is 21.7. The van der Waals surface area contributed by atoms with Crippen LogP contribution in [0.1, 0.15) is 10.4 Å². The summed E-state index contributed by atoms with van der Waals surface area (Å²) in [6.45, 7) is 2.86. The first-order valence-corrected chi connectivity index (χ1v) is 9.10. The second-order valence-corrected chi connectivity index (χ2v) is 6.83. The third-order valence-corrected chi connectivity index (χ3v) is 4.87. The molecule has 2 aromatic rings. The maximum atomic E-state index is 12.6. The number of benzene rings is 1. The molecule has 1 aliphatic rings. The SMILES string of the molecule is CS(=O)c1cccc(C(=O)N2CCN(c3ccccn3)CC2)c1. The largest absolute Gasteiger partial charge is 0.353 e. The number of piperazine rings is 1. The Kier molecular flexibility index (Phi) is 4.71. The normalized spacial score (nSPS) is 16.2. The lowest BCUT2D eigenvalue weighted by molar-refractivity contribution is 0.0746. The zero-order valence-electron chi connectivity index (χ0n) is 13.0. The first kappa shape index (κ1) is 15.7. The third kappa shape index (κ3) is 3.59. The zero-order chi connectivity index (χ0) is 16.2. The van der Waals surface area contributed by atoms with Crippen LogP contribution < -0.4 is 4.90 Å². The molecule has 1 saturated heterocycles. The van der Waals surface area contributed by atoms with Gasteiger partial charge in [0.1, 0.15) is 5.82 Å². The average Bonchev–Trinajstić information content (AvgIpc) is 2.62. The van der Waals surface area contributed by atoms with Crippen LogP contribution >= 0.6 is 0 Å². The molecule has 0 radical (unpaired) electrons. The summed E-state index contributed by atoms with van der Waals surface area (Å²) >= 11 is 0. The number of carbonyl (C=O) groups excluding carboxylic acids is 1. The molecule has 0 bridgehead atoms. The molecule has 0 aliphatic carbocycles. The van der Waals surface area contributed by atoms with Gasteiger partial charge in [-0.1, -0.05) is 12.1 Å². The van der Waals surface area contributed by atoms with Crippen LogP contribution in [0.5, 0.6) is 0 Å². The van der Waals surface area contributed by atoms with Crippen molar-refractivity contribution in [2.45, 2.75) is 4.90 Å². The Morgan fingerprint density at radius 1 is 1.09 bits per heavy atom. The summed E-state index contributed by atoms with van der Waals surface area (Å²) in [7, 11) is -1.08. The monoisotopic (exact) mass is 329 g/mol. The number of rotatable bonds is 3. The van der Waals surface area contributed by atoms with E-state index in [0.717, 1.165) is 18.9 Å². The van der Waals surface area contributed by atoms with Gasteiger partial charge in [0, 0.05) is 59.9 Å². The van der Waals surface area contributed by atoms with E-state index in [1.54, 1.807) is 36.7 Å². The Labute approximate surface area is 138 Å². The molecule has 6 heteroatoms. The molecule has 1 fully saturated rings. The van der Waals surface area contributed by atoms with E-state index < -0.39 is 10.8 Å². The Morgan fingerprint density at radius 2 is 1.87 bits per heavy atom. The molecule has 0 N–H and O–H groups in total. The van der Waals surface area contributed by atoms with Gasteiger partial charge in [-0.25, -0.2) is 4.98 Å². The van der Waals surface area contributed by atoms with E-state index in [4.69, 9.17) is 0 Å². The van der Waals surface area contributed by atoms with Gasteiger partial charge in [-0.3, -0.25) is 9.00 Å². The average molecular weight is 329 g/mol. The Morgan fingerprint density at radius 3 is 2.52 bits per heavy atom. The lowest BCUT2D eigenvalue weighted by atomic mass is 10.2. The molecule has 1 atom stereocenters. The van der Waals surface area contributed by atoms with Crippen molar-refractivity contribution in [1.29, 1.82) is 0 Å². The van der Waals surface area contributed by atoms with Gasteiger partial charge in [0.15, 0.2) is 0 Å². The summed E-state index contributed by atoms with van der Waals surface area (Å²) in [5.41, 5.74) is 0.601. The van der Waals surface area contributed by atoms with Gasteiger partial charge in [-0.05, 0) is 30.3 Å². The first-order chi connectivity index (χ1) is 11.1. The smallest absolute Gasteiger partial charge is 0.254 e. The minimum absolute atomic E-state index is 0.00188. The van der Waals surface area contributed by atoms with Crippen molar-refractivity contribution in [3.8, 4) is 0 Å². The number of anilines is 1. The molecule has 2 heterocycles. The highest BCUT2D eigenvalue weighted by atomic mass is 32.2. The second kappa shape index (κ2) is 6.91. The summed E-state index contributed by atoms with van der Waals surface area (Å²) in [6.07, 6.45) is 3.40. The standard InChI is InChI=1S/C17H19N3O2S/c1-23(22)15-6-4-5-14(13-15)17(21)20-11-9-19(10-12-20)16-7-2-3-8-18-16/h2-8,13H,9-12H2,1H3. The second-order valence-electron chi connectivity index (χ2n) is 5.45. The van der Waals surface area contributed by atoms with Crippen molar-refractivity contribution < 1.29 is 9.00 Å². The maximum absolute atomic E-state index is 12.6. The Bertz CT molecular complexity index is 713. The third-order valence-electron chi connectivity index (χ3n) is 3.95. The topological polar surface area (TPSA) is 53.5 Å². The van der Waals surface area contributed by atoms with E-state index in [-0.39, 0.29) is 5.91 Å². The van der Waals surface area contributed by atoms with E-state index in [1.807, 2.05) is 23.1 Å². The molecule has 23 heavy (non-hydrogen) atoms. The lowest BCUT2D eigenvalue weighted by Gasteiger charge is -2.35. The van der Waals surface area contributed by atoms with Crippen LogP contribution in [0.15, 0.2) is 53.6 Å². The predicted molar refractivity (Wildman–Crippen MR) is 91.1 cm³/mol. The lowest BCUT2D eigenvalue weighted by Crippen LogP contribution is -2.49. The Balaban J connectivity index is 1.66. The van der Waals surface area contributed by atoms with Crippen molar-refractivity contribution >= 4 is 22.5 Å². The molecule has 1 aromatic carbocycles. The molecule has 1 amide bonds. The van der Waals surface area contributed by atoms with E-state index in [9.17, 15) is 9.00 Å². The number of amides is 1. The quantitative estimate of drug-likeness (QED) is 0.861. The van der Waals surface area contributed by atoms with Crippen molar-refractivity contribution in [1.82, 2.24) is 9.88 Å². The first-order valence-electron chi connectivity index (χ1n) is 7.54. The molecule has 1 aromatic heterocycles. The number of hydrogen-bond donors (Lipinski definition) is 0. The van der Waals surface area contributed by atoms with E-state index in [2.05, 4.69) is 9.88 Å². The molecule has 1 aliphatic heterocycles. The summed E-state index contributed by atoms with van der Waals surface area (Å²) < 4.78 is 11.6. The summed E-state index contributed by atoms with van der Waals surface area (Å²) in [5.74, 6) is 0.945. The van der Waals surface area contributed by atoms with Gasteiger partial charge in [-0.15, -0.1) is 0 Å². The minimum Gasteiger partial charge on any atom is -0.353 e. The zero-order valence-corrected chi connectivity index (χ0v) is 13.8. The molecular weight excluding hydrogens is 310 g/mol. The van der Waals surface area contributed by atoms with Gasteiger partial charge in [0.05, 0.1) is 0 Å². The summed E-state index contributed by atoms with van der Waals surface area (Å²) in [6, 6.07) is 12.9. The van der Waals surface area contributed by atoms with Gasteiger partial charge < -0.3 is 9.80 Å². The van der Waals surface area contributed by atoms with Crippen LogP contribution in [0.4, 0.5) is 5.82 Å². The maximum Gasteiger partial charge on any atom is 0.254 e. The minimum atomic E-state index is -1.08. The molecule has 120 valence electrons. The van der Waals surface area contributed by atoms with Crippen molar-refractivity contribution in [2.75, 3.05) is 37.3 Å². The highest BCUT2D eigenvalue weighted by Crippen LogP contribution is 2.16. The number of nitrogens with zero attached hydrogens (tertiary/aromatic N) is 3. The van der Waals surface area contributed by atoms with Crippen LogP contribution in [0.3, 0.4) is 0 Å². The molecule has 3 rings (SSSR count). The number of hydrogen-bond acceptors (Lipinski definition) is 4. The van der Waals surface area contributed by atoms with E-state index >= 15 is 0 Å². The van der Waals surface area contributed by atoms with Gasteiger partial charge in [0.2, 0.25) is 0 Å². The molecule has 0 saturated carbocycles. The fourth-order valence-electron chi connectivity index (χ4n) is 2.67. The van der Waals surface area contributed by atoms with Crippen molar-refractivity contribution in [3.63, 3.8) is 0 Å². The molecular formula is C17H19N3O2S. The van der Waals surface area contributed by atoms with Crippen LogP contribution in [-0.2, 0) is 10.8 Å². The van der Waals surface area contributed by atoms with E-state index in [1.165, 1.54) is 0 Å². The number of aromatic nitrogens is 1. The fraction of sp³-hybridized carbons (Fsp3) is 0.294. The van der Waals surface area contributed by atoms with E-state index in [0.29, 0.717) is 23.5 Å². The predicted octanol–water partition coefficient (Wildman–Crippen LogP) is 1.78. The summed E-state index contributed by atoms with van der Waals surface area (Å²) in [5, 5.41) is 0. The molecule has 0 spiro atoms. The van der Waals surface area contributed by atoms with Crippen LogP contribution in [-0.4, -0.2) is 52.4 Å². The van der Waals surface area contributed by atoms with Gasteiger partial charge >= 0.3 is 0 Å². The van der Waals surface area contributed by atoms with Crippen molar-refractivity contribution in [3.05, 3.63) is 54.2 Å². The van der Waals surface area contributed by atoms with Gasteiger partial charge in [-0.2, -0.15) is 0 Å². The molecule has 1 unspecified atom stereocenters. The highest BCUT2D eigenvalue weighted by Gasteiger charge is 2.23. The number of pyridine rings is 1. The van der Waals surface area contributed by atoms with Crippen LogP contribution in [0.25, 0.3) is 0 Å². The van der Waals surface area contributed by atoms with Crippen LogP contribution in [0.2, 0.25) is 0 Å². The number of carbonyl (C=O) groups is 1. The Hall–Kier alpha value is -2.21. The fourth-order valence-corrected chi connectivity index (χ4v) is 3.23. The molecule has 5 nitrogen and oxygen atoms in total. The highest BCUT2D eigenvalue weighted by molar-refractivity contribution is 7.84. The van der Waals surface area contributed by atoms with Crippen LogP contribution in [0, 0.1) is 0 Å². The van der Waals surface area contributed by atoms with Gasteiger partial charge in [0.25, 0.3) is 5.91 Å². The van der Waals surface area contributed by atoms with Crippen molar-refractivity contribution in [2.24, 2.45) is 0 Å².